The van der Waals surface area contributed by atoms with Gasteiger partial charge in [-0.05, 0) is 62.4 Å². The van der Waals surface area contributed by atoms with Crippen LogP contribution >= 0.6 is 0 Å². The van der Waals surface area contributed by atoms with Gasteiger partial charge >= 0.3 is 0 Å². The molecule has 0 bridgehead atoms. The van der Waals surface area contributed by atoms with Crippen molar-refractivity contribution in [1.29, 1.82) is 0 Å². The summed E-state index contributed by atoms with van der Waals surface area (Å²) in [6.45, 7) is 8.95. The van der Waals surface area contributed by atoms with E-state index in [1.165, 1.54) is 18.2 Å². The first-order valence-electron chi connectivity index (χ1n) is 9.41. The Hall–Kier alpha value is -2.94. The van der Waals surface area contributed by atoms with E-state index in [0.29, 0.717) is 5.56 Å². The minimum Gasteiger partial charge on any atom is -0.348 e. The van der Waals surface area contributed by atoms with E-state index in [1.807, 2.05) is 39.8 Å². The number of aryl methyl sites for hydroxylation is 4. The van der Waals surface area contributed by atoms with Crippen LogP contribution in [0.4, 0.5) is 11.4 Å². The molecule has 0 radical (unpaired) electrons. The fourth-order valence-electron chi connectivity index (χ4n) is 3.31. The summed E-state index contributed by atoms with van der Waals surface area (Å²) < 4.78 is 25.6. The highest BCUT2D eigenvalue weighted by molar-refractivity contribution is 7.92. The monoisotopic (exact) mass is 433 g/mol. The molecule has 0 aliphatic heterocycles. The zero-order chi connectivity index (χ0) is 22.8. The molecule has 0 fully saturated rings. The van der Waals surface area contributed by atoms with E-state index in [-0.39, 0.29) is 17.4 Å². The Bertz CT molecular complexity index is 1100. The maximum absolute atomic E-state index is 12.7. The van der Waals surface area contributed by atoms with Gasteiger partial charge in [-0.25, -0.2) is 8.42 Å². The molecule has 9 heteroatoms. The van der Waals surface area contributed by atoms with Crippen LogP contribution in [0.1, 0.15) is 40.8 Å². The topological polar surface area (TPSA) is 110 Å². The third kappa shape index (κ3) is 5.35. The Labute approximate surface area is 177 Å². The average Bonchev–Trinajstić information content (AvgIpc) is 2.62. The fourth-order valence-corrected chi connectivity index (χ4v) is 4.21. The fraction of sp³-hybridized carbons (Fsp3) is 0.381. The minimum absolute atomic E-state index is 0.108. The highest BCUT2D eigenvalue weighted by atomic mass is 32.2. The Morgan fingerprint density at radius 1 is 1.07 bits per heavy atom. The van der Waals surface area contributed by atoms with Crippen molar-refractivity contribution in [3.05, 3.63) is 68.3 Å². The van der Waals surface area contributed by atoms with Crippen LogP contribution < -0.4 is 9.62 Å². The number of carbonyl (C=O) groups excluding carboxylic acids is 1. The summed E-state index contributed by atoms with van der Waals surface area (Å²) in [6, 6.07) is 7.65. The zero-order valence-electron chi connectivity index (χ0n) is 18.0. The lowest BCUT2D eigenvalue weighted by Crippen LogP contribution is -2.41. The number of carbonyl (C=O) groups is 1. The first kappa shape index (κ1) is 23.3. The molecule has 1 N–H and O–H groups in total. The summed E-state index contributed by atoms with van der Waals surface area (Å²) >= 11 is 0. The van der Waals surface area contributed by atoms with E-state index in [1.54, 1.807) is 6.92 Å². The number of non-ortho nitro benzene ring substituents is 1. The number of nitrogens with zero attached hydrogens (tertiary/aromatic N) is 2. The van der Waals surface area contributed by atoms with Crippen LogP contribution in [0.5, 0.6) is 0 Å². The Kier molecular flexibility index (Phi) is 6.87. The number of nitrogens with one attached hydrogen (secondary N) is 1. The lowest BCUT2D eigenvalue weighted by atomic mass is 9.96. The number of benzene rings is 2. The van der Waals surface area contributed by atoms with Crippen LogP contribution in [0.15, 0.2) is 30.3 Å². The van der Waals surface area contributed by atoms with Crippen LogP contribution in [-0.4, -0.2) is 32.0 Å². The van der Waals surface area contributed by atoms with Crippen LogP contribution in [0.25, 0.3) is 0 Å². The molecule has 0 unspecified atom stereocenters. The number of rotatable bonds is 7. The summed E-state index contributed by atoms with van der Waals surface area (Å²) in [6.07, 6.45) is 0.968. The molecule has 0 saturated heterocycles. The lowest BCUT2D eigenvalue weighted by molar-refractivity contribution is -0.384. The van der Waals surface area contributed by atoms with E-state index < -0.39 is 27.4 Å². The lowest BCUT2D eigenvalue weighted by Gasteiger charge is -2.25. The molecule has 0 aromatic heterocycles. The largest absolute Gasteiger partial charge is 0.348 e. The number of sulfonamides is 1. The summed E-state index contributed by atoms with van der Waals surface area (Å²) in [5.74, 6) is -0.503. The molecule has 2 aromatic carbocycles. The summed E-state index contributed by atoms with van der Waals surface area (Å²) in [4.78, 5) is 23.2. The van der Waals surface area contributed by atoms with E-state index in [9.17, 15) is 23.3 Å². The molecule has 162 valence electrons. The van der Waals surface area contributed by atoms with Crippen LogP contribution in [0.3, 0.4) is 0 Å². The van der Waals surface area contributed by atoms with Crippen LogP contribution in [-0.2, 0) is 14.8 Å². The van der Waals surface area contributed by atoms with E-state index in [0.717, 1.165) is 32.8 Å². The molecular formula is C21H27N3O5S. The van der Waals surface area contributed by atoms with Crippen molar-refractivity contribution in [2.45, 2.75) is 40.7 Å². The molecule has 0 spiro atoms. The van der Waals surface area contributed by atoms with Gasteiger partial charge in [0.2, 0.25) is 15.9 Å². The molecular weight excluding hydrogens is 406 g/mol. The van der Waals surface area contributed by atoms with Crippen molar-refractivity contribution in [1.82, 2.24) is 5.32 Å². The number of anilines is 1. The van der Waals surface area contributed by atoms with Gasteiger partial charge in [0.25, 0.3) is 5.69 Å². The van der Waals surface area contributed by atoms with E-state index >= 15 is 0 Å². The quantitative estimate of drug-likeness (QED) is 0.531. The Morgan fingerprint density at radius 3 is 2.23 bits per heavy atom. The van der Waals surface area contributed by atoms with Crippen molar-refractivity contribution in [2.24, 2.45) is 0 Å². The first-order chi connectivity index (χ1) is 13.8. The predicted octanol–water partition coefficient (Wildman–Crippen LogP) is 3.47. The highest BCUT2D eigenvalue weighted by Gasteiger charge is 2.25. The van der Waals surface area contributed by atoms with Crippen molar-refractivity contribution in [3.8, 4) is 0 Å². The number of nitro benzene ring substituents is 1. The second-order valence-corrected chi connectivity index (χ2v) is 9.49. The predicted molar refractivity (Wildman–Crippen MR) is 117 cm³/mol. The van der Waals surface area contributed by atoms with Gasteiger partial charge in [-0.15, -0.1) is 0 Å². The third-order valence-electron chi connectivity index (χ3n) is 5.09. The molecule has 2 rings (SSSR count). The third-order valence-corrected chi connectivity index (χ3v) is 6.21. The van der Waals surface area contributed by atoms with Gasteiger partial charge in [-0.3, -0.25) is 19.2 Å². The maximum atomic E-state index is 12.7. The number of hydrogen-bond donors (Lipinski definition) is 1. The first-order valence-corrected chi connectivity index (χ1v) is 11.3. The normalized spacial score (nSPS) is 12.3. The Morgan fingerprint density at radius 2 is 1.67 bits per heavy atom. The molecule has 0 aliphatic carbocycles. The smallest absolute Gasteiger partial charge is 0.271 e. The summed E-state index contributed by atoms with van der Waals surface area (Å²) in [7, 11) is -3.85. The second kappa shape index (κ2) is 8.83. The SMILES string of the molecule is Cc1cc(C)c([C@H](C)NC(=O)CN(c2cc([N+](=O)[O-])ccc2C)S(C)(=O)=O)cc1C. The second-order valence-electron chi connectivity index (χ2n) is 7.58. The number of nitro groups is 1. The van der Waals surface area contributed by atoms with Gasteiger partial charge in [-0.1, -0.05) is 18.2 Å². The van der Waals surface area contributed by atoms with Crippen molar-refractivity contribution >= 4 is 27.3 Å². The molecule has 0 aliphatic rings. The standard InChI is InChI=1S/C21H27N3O5S/c1-13-7-8-18(24(26)27)11-20(13)23(30(6,28)29)12-21(25)22-17(5)19-10-15(3)14(2)9-16(19)4/h7-11,17H,12H2,1-6H3,(H,22,25)/t17-/m0/s1. The van der Waals surface area contributed by atoms with Crippen molar-refractivity contribution in [2.75, 3.05) is 17.1 Å². The maximum Gasteiger partial charge on any atom is 0.271 e. The molecule has 0 saturated carbocycles. The summed E-state index contributed by atoms with van der Waals surface area (Å²) in [5.41, 5.74) is 4.60. The molecule has 0 heterocycles. The van der Waals surface area contributed by atoms with Crippen molar-refractivity contribution < 1.29 is 18.1 Å². The number of hydrogen-bond acceptors (Lipinski definition) is 5. The molecule has 30 heavy (non-hydrogen) atoms. The van der Waals surface area contributed by atoms with Gasteiger partial charge < -0.3 is 5.32 Å². The molecule has 1 amide bonds. The van der Waals surface area contributed by atoms with Gasteiger partial charge in [0.05, 0.1) is 22.9 Å². The Balaban J connectivity index is 2.31. The highest BCUT2D eigenvalue weighted by Crippen LogP contribution is 2.27. The van der Waals surface area contributed by atoms with Crippen LogP contribution in [0.2, 0.25) is 0 Å². The summed E-state index contributed by atoms with van der Waals surface area (Å²) in [5, 5.41) is 13.9. The minimum atomic E-state index is -3.85. The van der Waals surface area contributed by atoms with Crippen LogP contribution in [0, 0.1) is 37.8 Å². The van der Waals surface area contributed by atoms with E-state index in [2.05, 4.69) is 5.32 Å². The zero-order valence-corrected chi connectivity index (χ0v) is 18.8. The van der Waals surface area contributed by atoms with Gasteiger partial charge in [0, 0.05) is 12.1 Å². The van der Waals surface area contributed by atoms with Gasteiger partial charge in [0.1, 0.15) is 6.54 Å². The van der Waals surface area contributed by atoms with Crippen molar-refractivity contribution in [3.63, 3.8) is 0 Å². The molecule has 8 nitrogen and oxygen atoms in total. The molecule has 2 aromatic rings. The van der Waals surface area contributed by atoms with Gasteiger partial charge in [0.15, 0.2) is 0 Å². The molecule has 1 atom stereocenters. The van der Waals surface area contributed by atoms with E-state index in [4.69, 9.17) is 0 Å². The van der Waals surface area contributed by atoms with Gasteiger partial charge in [-0.2, -0.15) is 0 Å². The average molecular weight is 434 g/mol. The number of amides is 1.